The highest BCUT2D eigenvalue weighted by Gasteiger charge is 2.10. The molecule has 2 heterocycles. The Kier molecular flexibility index (Phi) is 7.28. The summed E-state index contributed by atoms with van der Waals surface area (Å²) in [7, 11) is 5.59. The molecule has 2 N–H and O–H groups in total. The maximum Gasteiger partial charge on any atom is 0.191 e. The van der Waals surface area contributed by atoms with Crippen molar-refractivity contribution in [1.82, 2.24) is 35.2 Å². The third-order valence-electron chi connectivity index (χ3n) is 5.52. The molecule has 0 amide bonds. The number of ether oxygens (including phenoxy) is 1. The number of methoxy groups -OCH3 is 1. The van der Waals surface area contributed by atoms with Gasteiger partial charge in [0.15, 0.2) is 11.8 Å². The number of rotatable bonds is 8. The van der Waals surface area contributed by atoms with Crippen LogP contribution in [-0.2, 0) is 33.6 Å². The van der Waals surface area contributed by atoms with Crippen molar-refractivity contribution in [3.8, 4) is 5.75 Å². The van der Waals surface area contributed by atoms with E-state index in [9.17, 15) is 0 Å². The Labute approximate surface area is 183 Å². The van der Waals surface area contributed by atoms with E-state index in [4.69, 9.17) is 9.73 Å². The van der Waals surface area contributed by atoms with Crippen molar-refractivity contribution in [2.24, 2.45) is 19.1 Å². The van der Waals surface area contributed by atoms with Crippen molar-refractivity contribution in [1.29, 1.82) is 0 Å². The van der Waals surface area contributed by atoms with Crippen LogP contribution in [0, 0.1) is 20.8 Å². The van der Waals surface area contributed by atoms with Gasteiger partial charge in [-0.2, -0.15) is 5.10 Å². The molecule has 9 heteroatoms. The number of aromatic nitrogens is 5. The van der Waals surface area contributed by atoms with Crippen LogP contribution in [-0.4, -0.2) is 44.2 Å². The Hall–Kier alpha value is -3.36. The molecule has 3 rings (SSSR count). The zero-order chi connectivity index (χ0) is 22.4. The molecule has 31 heavy (non-hydrogen) atoms. The highest BCUT2D eigenvalue weighted by Crippen LogP contribution is 2.13. The van der Waals surface area contributed by atoms with Crippen LogP contribution in [0.3, 0.4) is 0 Å². The van der Waals surface area contributed by atoms with Gasteiger partial charge in [-0.15, -0.1) is 10.2 Å². The van der Waals surface area contributed by atoms with Gasteiger partial charge in [-0.1, -0.05) is 12.1 Å². The smallest absolute Gasteiger partial charge is 0.191 e. The number of benzene rings is 1. The molecule has 166 valence electrons. The first kappa shape index (κ1) is 22.3. The standard InChI is InChI=1S/C22H32N8O/c1-15-20(16(2)30(5)28-15)13-24-22(25-14-21-27-26-17(3)29(21)4)23-12-11-18-7-9-19(31-6)10-8-18/h7-10H,11-14H2,1-6H3,(H2,23,24,25). The number of nitrogens with one attached hydrogen (secondary N) is 2. The van der Waals surface area contributed by atoms with Gasteiger partial charge in [0.05, 0.1) is 25.9 Å². The van der Waals surface area contributed by atoms with Crippen LogP contribution in [0.5, 0.6) is 5.75 Å². The second-order valence-electron chi connectivity index (χ2n) is 7.54. The average molecular weight is 425 g/mol. The van der Waals surface area contributed by atoms with Gasteiger partial charge in [-0.25, -0.2) is 4.99 Å². The molecule has 3 aromatic rings. The quantitative estimate of drug-likeness (QED) is 0.424. The maximum atomic E-state index is 5.23. The van der Waals surface area contributed by atoms with E-state index in [1.54, 1.807) is 7.11 Å². The van der Waals surface area contributed by atoms with E-state index >= 15 is 0 Å². The SMILES string of the molecule is COc1ccc(CCNC(=NCc2c(C)nn(C)c2C)NCc2nnc(C)n2C)cc1. The summed E-state index contributed by atoms with van der Waals surface area (Å²) >= 11 is 0. The van der Waals surface area contributed by atoms with Gasteiger partial charge >= 0.3 is 0 Å². The normalized spacial score (nSPS) is 11.6. The van der Waals surface area contributed by atoms with E-state index in [-0.39, 0.29) is 0 Å². The summed E-state index contributed by atoms with van der Waals surface area (Å²) < 4.78 is 9.09. The zero-order valence-electron chi connectivity index (χ0n) is 19.2. The van der Waals surface area contributed by atoms with Crippen molar-refractivity contribution in [3.63, 3.8) is 0 Å². The topological polar surface area (TPSA) is 94.2 Å². The lowest BCUT2D eigenvalue weighted by atomic mass is 10.1. The summed E-state index contributed by atoms with van der Waals surface area (Å²) in [5.74, 6) is 3.33. The van der Waals surface area contributed by atoms with Gasteiger partial charge in [-0.05, 0) is 44.9 Å². The van der Waals surface area contributed by atoms with E-state index < -0.39 is 0 Å². The lowest BCUT2D eigenvalue weighted by Gasteiger charge is -2.13. The van der Waals surface area contributed by atoms with Crippen LogP contribution >= 0.6 is 0 Å². The molecule has 0 aliphatic heterocycles. The van der Waals surface area contributed by atoms with Gasteiger partial charge in [0.25, 0.3) is 0 Å². The molecule has 0 atom stereocenters. The van der Waals surface area contributed by atoms with E-state index in [1.807, 2.05) is 49.3 Å². The number of aryl methyl sites for hydroxylation is 3. The van der Waals surface area contributed by atoms with Crippen LogP contribution < -0.4 is 15.4 Å². The molecule has 0 fully saturated rings. The minimum absolute atomic E-state index is 0.538. The monoisotopic (exact) mass is 424 g/mol. The fourth-order valence-corrected chi connectivity index (χ4v) is 3.26. The van der Waals surface area contributed by atoms with E-state index in [0.717, 1.165) is 53.3 Å². The van der Waals surface area contributed by atoms with Crippen molar-refractivity contribution in [2.45, 2.75) is 40.3 Å². The Bertz CT molecular complexity index is 1030. The minimum atomic E-state index is 0.538. The van der Waals surface area contributed by atoms with E-state index in [0.29, 0.717) is 13.1 Å². The second-order valence-corrected chi connectivity index (χ2v) is 7.54. The van der Waals surface area contributed by atoms with Gasteiger partial charge in [0.1, 0.15) is 11.6 Å². The first-order valence-electron chi connectivity index (χ1n) is 10.4. The molecular weight excluding hydrogens is 392 g/mol. The molecule has 0 aliphatic rings. The molecule has 0 aliphatic carbocycles. The highest BCUT2D eigenvalue weighted by atomic mass is 16.5. The fourth-order valence-electron chi connectivity index (χ4n) is 3.26. The van der Waals surface area contributed by atoms with Crippen molar-refractivity contribution >= 4 is 5.96 Å². The Morgan fingerprint density at radius 1 is 1.06 bits per heavy atom. The van der Waals surface area contributed by atoms with E-state index in [1.165, 1.54) is 5.56 Å². The maximum absolute atomic E-state index is 5.23. The molecular formula is C22H32N8O. The molecule has 0 saturated heterocycles. The molecule has 9 nitrogen and oxygen atoms in total. The number of nitrogens with zero attached hydrogens (tertiary/aromatic N) is 6. The molecule has 0 radical (unpaired) electrons. The fraction of sp³-hybridized carbons (Fsp3) is 0.455. The Morgan fingerprint density at radius 3 is 2.39 bits per heavy atom. The molecule has 2 aromatic heterocycles. The lowest BCUT2D eigenvalue weighted by Crippen LogP contribution is -2.38. The van der Waals surface area contributed by atoms with Crippen molar-refractivity contribution in [2.75, 3.05) is 13.7 Å². The van der Waals surface area contributed by atoms with Crippen LogP contribution in [0.25, 0.3) is 0 Å². The third-order valence-corrected chi connectivity index (χ3v) is 5.52. The minimum Gasteiger partial charge on any atom is -0.497 e. The molecule has 0 unspecified atom stereocenters. The van der Waals surface area contributed by atoms with Crippen LogP contribution in [0.15, 0.2) is 29.3 Å². The number of hydrogen-bond acceptors (Lipinski definition) is 5. The largest absolute Gasteiger partial charge is 0.497 e. The van der Waals surface area contributed by atoms with Gasteiger partial charge in [0, 0.05) is 31.9 Å². The molecule has 0 spiro atoms. The van der Waals surface area contributed by atoms with Crippen LogP contribution in [0.1, 0.15) is 34.2 Å². The summed E-state index contributed by atoms with van der Waals surface area (Å²) in [6.07, 6.45) is 0.874. The molecule has 0 bridgehead atoms. The summed E-state index contributed by atoms with van der Waals surface area (Å²) in [5.41, 5.74) is 4.51. The van der Waals surface area contributed by atoms with Gasteiger partial charge in [0.2, 0.25) is 0 Å². The van der Waals surface area contributed by atoms with Gasteiger partial charge in [-0.3, -0.25) is 4.68 Å². The summed E-state index contributed by atoms with van der Waals surface area (Å²) in [6.45, 7) is 7.87. The van der Waals surface area contributed by atoms with Crippen molar-refractivity contribution < 1.29 is 4.74 Å². The summed E-state index contributed by atoms with van der Waals surface area (Å²) in [4.78, 5) is 4.80. The lowest BCUT2D eigenvalue weighted by molar-refractivity contribution is 0.414. The second kappa shape index (κ2) is 10.1. The zero-order valence-corrected chi connectivity index (χ0v) is 19.2. The number of hydrogen-bond donors (Lipinski definition) is 2. The summed E-state index contributed by atoms with van der Waals surface area (Å²) in [6, 6.07) is 8.12. The number of aliphatic imine (C=N–C) groups is 1. The predicted octanol–water partition coefficient (Wildman–Crippen LogP) is 1.96. The van der Waals surface area contributed by atoms with Gasteiger partial charge < -0.3 is 19.9 Å². The number of guanidine groups is 1. The molecule has 1 aromatic carbocycles. The Balaban J connectivity index is 1.67. The first-order chi connectivity index (χ1) is 14.9. The predicted molar refractivity (Wildman–Crippen MR) is 121 cm³/mol. The van der Waals surface area contributed by atoms with Crippen molar-refractivity contribution in [3.05, 3.63) is 58.4 Å². The first-order valence-corrected chi connectivity index (χ1v) is 10.4. The highest BCUT2D eigenvalue weighted by molar-refractivity contribution is 5.79. The Morgan fingerprint density at radius 2 is 1.81 bits per heavy atom. The van der Waals surface area contributed by atoms with E-state index in [2.05, 4.69) is 45.0 Å². The third kappa shape index (κ3) is 5.62. The summed E-state index contributed by atoms with van der Waals surface area (Å²) in [5, 5.41) is 19.6. The average Bonchev–Trinajstić information content (AvgIpc) is 3.21. The van der Waals surface area contributed by atoms with Crippen LogP contribution in [0.4, 0.5) is 0 Å². The van der Waals surface area contributed by atoms with Crippen LogP contribution in [0.2, 0.25) is 0 Å². The molecule has 0 saturated carbocycles.